The summed E-state index contributed by atoms with van der Waals surface area (Å²) in [5, 5.41) is 12.2. The maximum atomic E-state index is 6.17. The third-order valence-electron chi connectivity index (χ3n) is 4.42. The molecule has 3 aromatic rings. The Labute approximate surface area is 156 Å². The quantitative estimate of drug-likeness (QED) is 0.742. The Morgan fingerprint density at radius 3 is 2.92 bits per heavy atom. The highest BCUT2D eigenvalue weighted by Crippen LogP contribution is 2.34. The summed E-state index contributed by atoms with van der Waals surface area (Å²) >= 11 is 6.17. The van der Waals surface area contributed by atoms with Crippen LogP contribution in [-0.4, -0.2) is 28.8 Å². The molecule has 4 rings (SSSR count). The van der Waals surface area contributed by atoms with Gasteiger partial charge in [-0.3, -0.25) is 0 Å². The van der Waals surface area contributed by atoms with Crippen molar-refractivity contribution in [3.05, 3.63) is 58.7 Å². The first-order valence-corrected chi connectivity index (χ1v) is 8.70. The van der Waals surface area contributed by atoms with E-state index < -0.39 is 0 Å². The average molecular weight is 368 g/mol. The predicted octanol–water partition coefficient (Wildman–Crippen LogP) is 4.28. The van der Waals surface area contributed by atoms with Crippen LogP contribution in [0.1, 0.15) is 11.1 Å². The van der Waals surface area contributed by atoms with Gasteiger partial charge in [-0.05, 0) is 36.6 Å². The number of aryl methyl sites for hydroxylation is 1. The molecule has 0 radical (unpaired) electrons. The van der Waals surface area contributed by atoms with Crippen LogP contribution in [0, 0.1) is 6.92 Å². The molecule has 132 valence electrons. The van der Waals surface area contributed by atoms with Crippen LogP contribution in [0.3, 0.4) is 0 Å². The SMILES string of the molecule is COc1cc(Cl)c(C)cc1Nc1cnnc(N2CCc3ccccc32)n1. The second-order valence-electron chi connectivity index (χ2n) is 6.10. The monoisotopic (exact) mass is 367 g/mol. The van der Waals surface area contributed by atoms with Gasteiger partial charge in [0.05, 0.1) is 19.0 Å². The van der Waals surface area contributed by atoms with Gasteiger partial charge in [-0.15, -0.1) is 5.10 Å². The molecule has 0 unspecified atom stereocenters. The summed E-state index contributed by atoms with van der Waals surface area (Å²) in [5.41, 5.74) is 4.16. The van der Waals surface area contributed by atoms with Crippen molar-refractivity contribution < 1.29 is 4.74 Å². The van der Waals surface area contributed by atoms with Crippen molar-refractivity contribution in [1.82, 2.24) is 15.2 Å². The standard InChI is InChI=1S/C19H18ClN5O/c1-12-9-15(17(26-2)10-14(12)20)22-18-11-21-24-19(23-18)25-8-7-13-5-3-4-6-16(13)25/h3-6,9-11H,7-8H2,1-2H3,(H,22,23,24). The van der Waals surface area contributed by atoms with Crippen LogP contribution in [0.15, 0.2) is 42.6 Å². The van der Waals surface area contributed by atoms with Gasteiger partial charge >= 0.3 is 0 Å². The zero-order valence-electron chi connectivity index (χ0n) is 14.5. The van der Waals surface area contributed by atoms with E-state index in [0.29, 0.717) is 22.5 Å². The normalized spacial score (nSPS) is 12.8. The fraction of sp³-hybridized carbons (Fsp3) is 0.211. The molecule has 0 atom stereocenters. The molecule has 0 saturated carbocycles. The molecule has 6 nitrogen and oxygen atoms in total. The topological polar surface area (TPSA) is 63.2 Å². The Balaban J connectivity index is 1.65. The highest BCUT2D eigenvalue weighted by Gasteiger charge is 2.22. The number of aromatic nitrogens is 3. The van der Waals surface area contributed by atoms with Gasteiger partial charge in [0.15, 0.2) is 5.82 Å². The van der Waals surface area contributed by atoms with Gasteiger partial charge in [0.2, 0.25) is 0 Å². The number of fused-ring (bicyclic) bond motifs is 1. The Morgan fingerprint density at radius 2 is 2.08 bits per heavy atom. The Hall–Kier alpha value is -2.86. The molecular weight excluding hydrogens is 350 g/mol. The van der Waals surface area contributed by atoms with Crippen LogP contribution < -0.4 is 15.0 Å². The summed E-state index contributed by atoms with van der Waals surface area (Å²) in [6, 6.07) is 12.0. The van der Waals surface area contributed by atoms with E-state index in [4.69, 9.17) is 16.3 Å². The van der Waals surface area contributed by atoms with Crippen molar-refractivity contribution in [2.24, 2.45) is 0 Å². The number of ether oxygens (including phenoxy) is 1. The number of methoxy groups -OCH3 is 1. The molecule has 0 aliphatic carbocycles. The summed E-state index contributed by atoms with van der Waals surface area (Å²) in [6.45, 7) is 2.78. The van der Waals surface area contributed by atoms with E-state index in [0.717, 1.165) is 29.9 Å². The molecule has 1 aliphatic heterocycles. The van der Waals surface area contributed by atoms with E-state index in [-0.39, 0.29) is 0 Å². The molecule has 1 aromatic heterocycles. The van der Waals surface area contributed by atoms with E-state index in [1.54, 1.807) is 19.4 Å². The van der Waals surface area contributed by atoms with Crippen LogP contribution >= 0.6 is 11.6 Å². The zero-order chi connectivity index (χ0) is 18.1. The van der Waals surface area contributed by atoms with Crippen LogP contribution in [0.2, 0.25) is 5.02 Å². The molecule has 26 heavy (non-hydrogen) atoms. The molecule has 1 N–H and O–H groups in total. The van der Waals surface area contributed by atoms with Crippen molar-refractivity contribution >= 4 is 34.7 Å². The van der Waals surface area contributed by atoms with Gasteiger partial charge in [0.25, 0.3) is 5.95 Å². The smallest absolute Gasteiger partial charge is 0.251 e. The summed E-state index contributed by atoms with van der Waals surface area (Å²) in [7, 11) is 1.61. The van der Waals surface area contributed by atoms with Gasteiger partial charge in [0, 0.05) is 23.3 Å². The molecule has 0 saturated heterocycles. The van der Waals surface area contributed by atoms with E-state index in [1.165, 1.54) is 5.56 Å². The highest BCUT2D eigenvalue weighted by molar-refractivity contribution is 6.31. The maximum Gasteiger partial charge on any atom is 0.251 e. The van der Waals surface area contributed by atoms with Gasteiger partial charge in [0.1, 0.15) is 5.75 Å². The lowest BCUT2D eigenvalue weighted by Crippen LogP contribution is -2.17. The predicted molar refractivity (Wildman–Crippen MR) is 103 cm³/mol. The Morgan fingerprint density at radius 1 is 1.23 bits per heavy atom. The van der Waals surface area contributed by atoms with Gasteiger partial charge < -0.3 is 15.0 Å². The van der Waals surface area contributed by atoms with Gasteiger partial charge in [-0.2, -0.15) is 10.1 Å². The minimum atomic E-state index is 0.574. The van der Waals surface area contributed by atoms with Crippen LogP contribution in [0.4, 0.5) is 23.1 Å². The molecule has 0 amide bonds. The first-order chi connectivity index (χ1) is 12.7. The van der Waals surface area contributed by atoms with Crippen molar-refractivity contribution in [1.29, 1.82) is 0 Å². The summed E-state index contributed by atoms with van der Waals surface area (Å²) in [4.78, 5) is 6.71. The number of halogens is 1. The maximum absolute atomic E-state index is 6.17. The first-order valence-electron chi connectivity index (χ1n) is 8.32. The number of benzene rings is 2. The van der Waals surface area contributed by atoms with Crippen LogP contribution in [0.5, 0.6) is 5.75 Å². The first kappa shape index (κ1) is 16.6. The van der Waals surface area contributed by atoms with E-state index >= 15 is 0 Å². The minimum Gasteiger partial charge on any atom is -0.495 e. The molecule has 1 aliphatic rings. The van der Waals surface area contributed by atoms with E-state index in [1.807, 2.05) is 19.1 Å². The fourth-order valence-electron chi connectivity index (χ4n) is 3.08. The Kier molecular flexibility index (Phi) is 4.34. The number of anilines is 4. The third-order valence-corrected chi connectivity index (χ3v) is 4.83. The van der Waals surface area contributed by atoms with Gasteiger partial charge in [-0.25, -0.2) is 0 Å². The zero-order valence-corrected chi connectivity index (χ0v) is 15.3. The van der Waals surface area contributed by atoms with Crippen molar-refractivity contribution in [3.63, 3.8) is 0 Å². The Bertz CT molecular complexity index is 962. The van der Waals surface area contributed by atoms with E-state index in [2.05, 4.69) is 43.6 Å². The largest absolute Gasteiger partial charge is 0.495 e. The lowest BCUT2D eigenvalue weighted by molar-refractivity contribution is 0.416. The number of rotatable bonds is 4. The number of para-hydroxylation sites is 1. The molecule has 7 heteroatoms. The molecule has 2 aromatic carbocycles. The number of hydrogen-bond donors (Lipinski definition) is 1. The van der Waals surface area contributed by atoms with E-state index in [9.17, 15) is 0 Å². The second kappa shape index (κ2) is 6.80. The molecule has 0 bridgehead atoms. The highest BCUT2D eigenvalue weighted by atomic mass is 35.5. The molecule has 2 heterocycles. The number of nitrogens with zero attached hydrogens (tertiary/aromatic N) is 4. The van der Waals surface area contributed by atoms with Crippen molar-refractivity contribution in [3.8, 4) is 5.75 Å². The molecule has 0 fully saturated rings. The van der Waals surface area contributed by atoms with Crippen LogP contribution in [-0.2, 0) is 6.42 Å². The molecule has 0 spiro atoms. The number of nitrogens with one attached hydrogen (secondary N) is 1. The van der Waals surface area contributed by atoms with Crippen molar-refractivity contribution in [2.75, 3.05) is 23.9 Å². The van der Waals surface area contributed by atoms with Gasteiger partial charge in [-0.1, -0.05) is 29.8 Å². The average Bonchev–Trinajstić information content (AvgIpc) is 3.09. The lowest BCUT2D eigenvalue weighted by atomic mass is 10.2. The van der Waals surface area contributed by atoms with Crippen LogP contribution in [0.25, 0.3) is 0 Å². The number of hydrogen-bond acceptors (Lipinski definition) is 6. The third kappa shape index (κ3) is 3.04. The summed E-state index contributed by atoms with van der Waals surface area (Å²) in [6.07, 6.45) is 2.57. The minimum absolute atomic E-state index is 0.574. The molecular formula is C19H18ClN5O. The fourth-order valence-corrected chi connectivity index (χ4v) is 3.24. The second-order valence-corrected chi connectivity index (χ2v) is 6.51. The lowest BCUT2D eigenvalue weighted by Gasteiger charge is -2.17. The summed E-state index contributed by atoms with van der Waals surface area (Å²) < 4.78 is 5.41. The summed E-state index contributed by atoms with van der Waals surface area (Å²) in [5.74, 6) is 1.82. The van der Waals surface area contributed by atoms with Crippen molar-refractivity contribution in [2.45, 2.75) is 13.3 Å².